The third-order valence-corrected chi connectivity index (χ3v) is 5.83. The van der Waals surface area contributed by atoms with Gasteiger partial charge < -0.3 is 15.0 Å². The molecule has 2 heterocycles. The van der Waals surface area contributed by atoms with Crippen LogP contribution in [0.2, 0.25) is 0 Å². The van der Waals surface area contributed by atoms with E-state index in [0.29, 0.717) is 18.4 Å². The monoisotopic (exact) mass is 431 g/mol. The SMILES string of the molecule is CC(C)C1COC(=O)N1c1ccnc(N[C@H](C)c2ccc(N(C)c3ccccc3)cc2)n1. The van der Waals surface area contributed by atoms with Crippen LogP contribution in [-0.2, 0) is 4.74 Å². The number of para-hydroxylation sites is 1. The molecule has 1 aliphatic heterocycles. The molecule has 0 spiro atoms. The Bertz CT molecular complexity index is 1060. The summed E-state index contributed by atoms with van der Waals surface area (Å²) in [6.07, 6.45) is 1.30. The topological polar surface area (TPSA) is 70.6 Å². The van der Waals surface area contributed by atoms with Crippen LogP contribution in [0.3, 0.4) is 0 Å². The van der Waals surface area contributed by atoms with Gasteiger partial charge in [0.1, 0.15) is 12.4 Å². The molecule has 2 aromatic carbocycles. The van der Waals surface area contributed by atoms with Gasteiger partial charge in [0, 0.05) is 24.6 Å². The van der Waals surface area contributed by atoms with Gasteiger partial charge >= 0.3 is 6.09 Å². The Balaban J connectivity index is 1.47. The molecule has 3 aromatic rings. The second-order valence-electron chi connectivity index (χ2n) is 8.35. The van der Waals surface area contributed by atoms with Crippen LogP contribution in [0.25, 0.3) is 0 Å². The van der Waals surface area contributed by atoms with Crippen LogP contribution in [0.4, 0.5) is 27.9 Å². The summed E-state index contributed by atoms with van der Waals surface area (Å²) >= 11 is 0. The van der Waals surface area contributed by atoms with Crippen LogP contribution in [0.15, 0.2) is 66.9 Å². The summed E-state index contributed by atoms with van der Waals surface area (Å²) in [6, 6.07) is 20.4. The fraction of sp³-hybridized carbons (Fsp3) is 0.320. The first-order valence-electron chi connectivity index (χ1n) is 10.9. The van der Waals surface area contributed by atoms with Crippen LogP contribution < -0.4 is 15.1 Å². The van der Waals surface area contributed by atoms with Crippen molar-refractivity contribution in [2.45, 2.75) is 32.9 Å². The number of nitrogens with one attached hydrogen (secondary N) is 1. The first-order chi connectivity index (χ1) is 15.4. The minimum Gasteiger partial charge on any atom is -0.447 e. The van der Waals surface area contributed by atoms with Crippen molar-refractivity contribution in [2.75, 3.05) is 28.8 Å². The van der Waals surface area contributed by atoms with Gasteiger partial charge in [-0.3, -0.25) is 4.90 Å². The summed E-state index contributed by atoms with van der Waals surface area (Å²) in [4.78, 5) is 25.0. The van der Waals surface area contributed by atoms with Crippen LogP contribution in [0.1, 0.15) is 32.4 Å². The van der Waals surface area contributed by atoms with Crippen LogP contribution in [0, 0.1) is 5.92 Å². The summed E-state index contributed by atoms with van der Waals surface area (Å²) in [6.45, 7) is 6.58. The number of carbonyl (C=O) groups is 1. The number of hydrogen-bond acceptors (Lipinski definition) is 6. The minimum absolute atomic E-state index is 0.00671. The lowest BCUT2D eigenvalue weighted by atomic mass is 10.0. The first kappa shape index (κ1) is 21.6. The predicted molar refractivity (Wildman–Crippen MR) is 127 cm³/mol. The zero-order valence-corrected chi connectivity index (χ0v) is 18.9. The van der Waals surface area contributed by atoms with E-state index >= 15 is 0 Å². The van der Waals surface area contributed by atoms with E-state index in [1.165, 1.54) is 0 Å². The Morgan fingerprint density at radius 3 is 2.41 bits per heavy atom. The maximum atomic E-state index is 12.3. The number of ether oxygens (including phenoxy) is 1. The zero-order chi connectivity index (χ0) is 22.7. The molecule has 0 radical (unpaired) electrons. The molecule has 7 heteroatoms. The molecular formula is C25H29N5O2. The fourth-order valence-electron chi connectivity index (χ4n) is 3.81. The Morgan fingerprint density at radius 1 is 1.03 bits per heavy atom. The molecule has 166 valence electrons. The fourth-order valence-corrected chi connectivity index (χ4v) is 3.81. The third kappa shape index (κ3) is 4.51. The van der Waals surface area contributed by atoms with Gasteiger partial charge in [-0.25, -0.2) is 9.78 Å². The average molecular weight is 432 g/mol. The summed E-state index contributed by atoms with van der Waals surface area (Å²) in [5.74, 6) is 1.29. The summed E-state index contributed by atoms with van der Waals surface area (Å²) < 4.78 is 5.25. The van der Waals surface area contributed by atoms with Crippen molar-refractivity contribution < 1.29 is 9.53 Å². The normalized spacial score (nSPS) is 16.7. The summed E-state index contributed by atoms with van der Waals surface area (Å²) in [5.41, 5.74) is 3.36. The van der Waals surface area contributed by atoms with Crippen LogP contribution in [0.5, 0.6) is 0 Å². The third-order valence-electron chi connectivity index (χ3n) is 5.83. The van der Waals surface area contributed by atoms with Crippen LogP contribution in [-0.4, -0.2) is 35.8 Å². The van der Waals surface area contributed by atoms with E-state index in [9.17, 15) is 4.79 Å². The maximum absolute atomic E-state index is 12.3. The van der Waals surface area contributed by atoms with E-state index in [1.54, 1.807) is 17.2 Å². The molecule has 1 fully saturated rings. The molecule has 1 saturated heterocycles. The van der Waals surface area contributed by atoms with E-state index in [2.05, 4.69) is 84.4 Å². The summed E-state index contributed by atoms with van der Waals surface area (Å²) in [5, 5.41) is 3.35. The van der Waals surface area contributed by atoms with Gasteiger partial charge in [0.2, 0.25) is 5.95 Å². The molecule has 0 saturated carbocycles. The van der Waals surface area contributed by atoms with Crippen molar-refractivity contribution in [1.29, 1.82) is 0 Å². The Morgan fingerprint density at radius 2 is 1.72 bits per heavy atom. The largest absolute Gasteiger partial charge is 0.447 e. The number of hydrogen-bond donors (Lipinski definition) is 1. The summed E-state index contributed by atoms with van der Waals surface area (Å²) in [7, 11) is 2.05. The molecule has 1 aliphatic rings. The predicted octanol–water partition coefficient (Wildman–Crippen LogP) is 5.40. The van der Waals surface area contributed by atoms with Crippen molar-refractivity contribution in [2.24, 2.45) is 5.92 Å². The highest BCUT2D eigenvalue weighted by Gasteiger charge is 2.37. The van der Waals surface area contributed by atoms with E-state index < -0.39 is 0 Å². The van der Waals surface area contributed by atoms with Gasteiger partial charge in [-0.1, -0.05) is 44.2 Å². The number of cyclic esters (lactones) is 1. The molecule has 4 rings (SSSR count). The quantitative estimate of drug-likeness (QED) is 0.540. The lowest BCUT2D eigenvalue weighted by molar-refractivity contribution is 0.177. The molecule has 1 amide bonds. The van der Waals surface area contributed by atoms with Gasteiger partial charge in [-0.15, -0.1) is 0 Å². The molecule has 0 bridgehead atoms. The molecule has 1 unspecified atom stereocenters. The van der Waals surface area contributed by atoms with Gasteiger partial charge in [0.15, 0.2) is 0 Å². The lowest BCUT2D eigenvalue weighted by Gasteiger charge is -2.24. The zero-order valence-electron chi connectivity index (χ0n) is 18.9. The smallest absolute Gasteiger partial charge is 0.415 e. The maximum Gasteiger partial charge on any atom is 0.415 e. The van der Waals surface area contributed by atoms with Gasteiger partial charge in [0.25, 0.3) is 0 Å². The number of rotatable bonds is 7. The van der Waals surface area contributed by atoms with Gasteiger partial charge in [0.05, 0.1) is 12.1 Å². The van der Waals surface area contributed by atoms with Crippen molar-refractivity contribution in [3.63, 3.8) is 0 Å². The Labute approximate surface area is 189 Å². The van der Waals surface area contributed by atoms with E-state index in [4.69, 9.17) is 4.74 Å². The number of carbonyl (C=O) groups excluding carboxylic acids is 1. The minimum atomic E-state index is -0.362. The number of aromatic nitrogens is 2. The molecule has 0 aliphatic carbocycles. The van der Waals surface area contributed by atoms with Crippen molar-refractivity contribution >= 4 is 29.2 Å². The highest BCUT2D eigenvalue weighted by molar-refractivity contribution is 5.89. The Kier molecular flexibility index (Phi) is 6.25. The average Bonchev–Trinajstić information content (AvgIpc) is 3.21. The number of amides is 1. The van der Waals surface area contributed by atoms with Crippen molar-refractivity contribution in [3.8, 4) is 0 Å². The Hall–Kier alpha value is -3.61. The molecule has 1 N–H and O–H groups in total. The van der Waals surface area contributed by atoms with Crippen molar-refractivity contribution in [1.82, 2.24) is 9.97 Å². The van der Waals surface area contributed by atoms with E-state index in [1.807, 2.05) is 18.2 Å². The second kappa shape index (κ2) is 9.26. The van der Waals surface area contributed by atoms with Gasteiger partial charge in [-0.05, 0) is 48.7 Å². The first-order valence-corrected chi connectivity index (χ1v) is 10.9. The molecular weight excluding hydrogens is 402 g/mol. The number of benzene rings is 2. The van der Waals surface area contributed by atoms with Gasteiger partial charge in [-0.2, -0.15) is 4.98 Å². The molecule has 32 heavy (non-hydrogen) atoms. The highest BCUT2D eigenvalue weighted by Crippen LogP contribution is 2.28. The number of anilines is 4. The van der Waals surface area contributed by atoms with Crippen molar-refractivity contribution in [3.05, 3.63) is 72.4 Å². The second-order valence-corrected chi connectivity index (χ2v) is 8.35. The molecule has 2 atom stereocenters. The molecule has 1 aromatic heterocycles. The number of nitrogens with zero attached hydrogens (tertiary/aromatic N) is 4. The van der Waals surface area contributed by atoms with Crippen LogP contribution >= 0.6 is 0 Å². The lowest BCUT2D eigenvalue weighted by Crippen LogP contribution is -2.37. The van der Waals surface area contributed by atoms with E-state index in [-0.39, 0.29) is 24.1 Å². The van der Waals surface area contributed by atoms with E-state index in [0.717, 1.165) is 16.9 Å². The molecule has 7 nitrogen and oxygen atoms in total. The standard InChI is InChI=1S/C25H29N5O2/c1-17(2)22-16-32-25(31)30(22)23-14-15-26-24(28-23)27-18(3)19-10-12-21(13-11-19)29(4)20-8-6-5-7-9-20/h5-15,17-18,22H,16H2,1-4H3,(H,26,27,28)/t18-,22?/m1/s1. The highest BCUT2D eigenvalue weighted by atomic mass is 16.6.